The van der Waals surface area contributed by atoms with Crippen LogP contribution in [0.3, 0.4) is 0 Å². The van der Waals surface area contributed by atoms with E-state index in [1.165, 1.54) is 51.6 Å². The van der Waals surface area contributed by atoms with Crippen molar-refractivity contribution in [2.75, 3.05) is 19.6 Å². The summed E-state index contributed by atoms with van der Waals surface area (Å²) in [7, 11) is 0. The average molecular weight is 210 g/mol. The number of likely N-dealkylation sites (tertiary alicyclic amines) is 1. The topological polar surface area (TPSA) is 29.3 Å². The average Bonchev–Trinajstić information content (AvgIpc) is 2.66. The van der Waals surface area contributed by atoms with Crippen molar-refractivity contribution in [2.45, 2.75) is 51.5 Å². The van der Waals surface area contributed by atoms with Gasteiger partial charge in [-0.2, -0.15) is 0 Å². The molecule has 0 aromatic heterocycles. The fourth-order valence-corrected chi connectivity index (χ4v) is 3.58. The fourth-order valence-electron chi connectivity index (χ4n) is 3.58. The summed E-state index contributed by atoms with van der Waals surface area (Å²) in [6, 6.07) is 0.872. The van der Waals surface area contributed by atoms with Gasteiger partial charge >= 0.3 is 0 Å². The van der Waals surface area contributed by atoms with Gasteiger partial charge in [-0.3, -0.25) is 4.90 Å². The molecule has 2 aliphatic rings. The third-order valence-corrected chi connectivity index (χ3v) is 4.31. The summed E-state index contributed by atoms with van der Waals surface area (Å²) in [4.78, 5) is 2.77. The number of hydrogen-bond acceptors (Lipinski definition) is 2. The first kappa shape index (κ1) is 11.4. The monoisotopic (exact) mass is 210 g/mol. The van der Waals surface area contributed by atoms with Crippen LogP contribution in [0.25, 0.3) is 0 Å². The fraction of sp³-hybridized carbons (Fsp3) is 1.00. The van der Waals surface area contributed by atoms with E-state index >= 15 is 0 Å². The van der Waals surface area contributed by atoms with Crippen LogP contribution in [0.5, 0.6) is 0 Å². The molecule has 2 fully saturated rings. The molecule has 3 unspecified atom stereocenters. The quantitative estimate of drug-likeness (QED) is 0.774. The molecule has 2 rings (SSSR count). The predicted octanol–water partition coefficient (Wildman–Crippen LogP) is 2.24. The second kappa shape index (κ2) is 5.31. The highest BCUT2D eigenvalue weighted by molar-refractivity contribution is 4.87. The Hall–Kier alpha value is -0.0800. The molecule has 15 heavy (non-hydrogen) atoms. The molecule has 0 bridgehead atoms. The van der Waals surface area contributed by atoms with Gasteiger partial charge in [-0.15, -0.1) is 0 Å². The summed E-state index contributed by atoms with van der Waals surface area (Å²) in [6.45, 7) is 5.96. The van der Waals surface area contributed by atoms with Gasteiger partial charge in [-0.1, -0.05) is 13.3 Å². The SMILES string of the molecule is CC1CCCN(C2CCCC2CCN)C1. The lowest BCUT2D eigenvalue weighted by molar-refractivity contribution is 0.103. The van der Waals surface area contributed by atoms with Gasteiger partial charge in [0.05, 0.1) is 0 Å². The first-order valence-electron chi connectivity index (χ1n) is 6.75. The van der Waals surface area contributed by atoms with Gasteiger partial charge in [0, 0.05) is 12.6 Å². The highest BCUT2D eigenvalue weighted by atomic mass is 15.2. The van der Waals surface area contributed by atoms with Gasteiger partial charge in [0.1, 0.15) is 0 Å². The van der Waals surface area contributed by atoms with E-state index in [2.05, 4.69) is 11.8 Å². The minimum Gasteiger partial charge on any atom is -0.330 e. The van der Waals surface area contributed by atoms with Gasteiger partial charge in [0.15, 0.2) is 0 Å². The van der Waals surface area contributed by atoms with Crippen molar-refractivity contribution in [2.24, 2.45) is 17.6 Å². The van der Waals surface area contributed by atoms with E-state index in [0.29, 0.717) is 0 Å². The lowest BCUT2D eigenvalue weighted by Gasteiger charge is -2.38. The van der Waals surface area contributed by atoms with Crippen molar-refractivity contribution < 1.29 is 0 Å². The number of rotatable bonds is 3. The van der Waals surface area contributed by atoms with Gasteiger partial charge in [0.2, 0.25) is 0 Å². The standard InChI is InChI=1S/C13H26N2/c1-11-4-3-9-15(10-11)13-6-2-5-12(13)7-8-14/h11-13H,2-10,14H2,1H3. The van der Waals surface area contributed by atoms with E-state index in [4.69, 9.17) is 5.73 Å². The zero-order valence-electron chi connectivity index (χ0n) is 10.1. The second-order valence-electron chi connectivity index (χ2n) is 5.58. The van der Waals surface area contributed by atoms with Crippen LogP contribution in [-0.4, -0.2) is 30.6 Å². The third kappa shape index (κ3) is 2.73. The summed E-state index contributed by atoms with van der Waals surface area (Å²) in [5, 5.41) is 0. The Kier molecular flexibility index (Phi) is 4.04. The lowest BCUT2D eigenvalue weighted by Crippen LogP contribution is -2.44. The van der Waals surface area contributed by atoms with Crippen molar-refractivity contribution in [3.8, 4) is 0 Å². The second-order valence-corrected chi connectivity index (χ2v) is 5.58. The van der Waals surface area contributed by atoms with Crippen LogP contribution in [-0.2, 0) is 0 Å². The van der Waals surface area contributed by atoms with E-state index in [1.54, 1.807) is 0 Å². The molecule has 0 amide bonds. The number of nitrogens with zero attached hydrogens (tertiary/aromatic N) is 1. The van der Waals surface area contributed by atoms with Crippen LogP contribution >= 0.6 is 0 Å². The van der Waals surface area contributed by atoms with Crippen LogP contribution in [0.1, 0.15) is 45.4 Å². The van der Waals surface area contributed by atoms with Crippen LogP contribution in [0, 0.1) is 11.8 Å². The van der Waals surface area contributed by atoms with Crippen molar-refractivity contribution >= 4 is 0 Å². The van der Waals surface area contributed by atoms with Gasteiger partial charge < -0.3 is 5.73 Å². The van der Waals surface area contributed by atoms with Gasteiger partial charge in [-0.25, -0.2) is 0 Å². The molecule has 2 nitrogen and oxygen atoms in total. The zero-order valence-corrected chi connectivity index (χ0v) is 10.1. The molecule has 0 aromatic carbocycles. The highest BCUT2D eigenvalue weighted by Gasteiger charge is 2.33. The summed E-state index contributed by atoms with van der Waals surface area (Å²) >= 11 is 0. The molecule has 1 saturated carbocycles. The first-order valence-corrected chi connectivity index (χ1v) is 6.75. The van der Waals surface area contributed by atoms with Crippen molar-refractivity contribution in [1.82, 2.24) is 4.90 Å². The van der Waals surface area contributed by atoms with Crippen LogP contribution in [0.4, 0.5) is 0 Å². The Morgan fingerprint density at radius 1 is 1.20 bits per heavy atom. The molecule has 0 aromatic rings. The van der Waals surface area contributed by atoms with Crippen molar-refractivity contribution in [3.63, 3.8) is 0 Å². The van der Waals surface area contributed by atoms with Crippen molar-refractivity contribution in [1.29, 1.82) is 0 Å². The molecule has 0 radical (unpaired) electrons. The molecule has 0 spiro atoms. The van der Waals surface area contributed by atoms with E-state index in [-0.39, 0.29) is 0 Å². The third-order valence-electron chi connectivity index (χ3n) is 4.31. The zero-order chi connectivity index (χ0) is 10.7. The largest absolute Gasteiger partial charge is 0.330 e. The maximum atomic E-state index is 5.71. The van der Waals surface area contributed by atoms with E-state index in [1.807, 2.05) is 0 Å². The van der Waals surface area contributed by atoms with Crippen LogP contribution < -0.4 is 5.73 Å². The molecule has 2 heteroatoms. The van der Waals surface area contributed by atoms with E-state index in [9.17, 15) is 0 Å². The summed E-state index contributed by atoms with van der Waals surface area (Å²) < 4.78 is 0. The first-order chi connectivity index (χ1) is 7.31. The highest BCUT2D eigenvalue weighted by Crippen LogP contribution is 2.34. The smallest absolute Gasteiger partial charge is 0.0124 e. The Labute approximate surface area is 94.2 Å². The van der Waals surface area contributed by atoms with Crippen molar-refractivity contribution in [3.05, 3.63) is 0 Å². The number of hydrogen-bond donors (Lipinski definition) is 1. The summed E-state index contributed by atoms with van der Waals surface area (Å²) in [6.07, 6.45) is 8.37. The minimum atomic E-state index is 0.872. The molecule has 2 N–H and O–H groups in total. The molecular weight excluding hydrogens is 184 g/mol. The summed E-state index contributed by atoms with van der Waals surface area (Å²) in [5.74, 6) is 1.82. The van der Waals surface area contributed by atoms with E-state index < -0.39 is 0 Å². The Balaban J connectivity index is 1.90. The minimum absolute atomic E-state index is 0.872. The lowest BCUT2D eigenvalue weighted by atomic mass is 9.93. The van der Waals surface area contributed by atoms with Crippen LogP contribution in [0.2, 0.25) is 0 Å². The normalized spacial score (nSPS) is 38.4. The summed E-state index contributed by atoms with van der Waals surface area (Å²) in [5.41, 5.74) is 5.71. The number of nitrogens with two attached hydrogens (primary N) is 1. The molecule has 1 aliphatic heterocycles. The maximum absolute atomic E-state index is 5.71. The van der Waals surface area contributed by atoms with Crippen LogP contribution in [0.15, 0.2) is 0 Å². The van der Waals surface area contributed by atoms with E-state index in [0.717, 1.165) is 24.4 Å². The molecule has 1 heterocycles. The molecule has 1 saturated heterocycles. The Morgan fingerprint density at radius 2 is 2.07 bits per heavy atom. The maximum Gasteiger partial charge on any atom is 0.0124 e. The Bertz CT molecular complexity index is 193. The van der Waals surface area contributed by atoms with Gasteiger partial charge in [-0.05, 0) is 57.0 Å². The number of piperidine rings is 1. The molecule has 88 valence electrons. The predicted molar refractivity (Wildman–Crippen MR) is 64.8 cm³/mol. The molecule has 3 atom stereocenters. The Morgan fingerprint density at radius 3 is 2.80 bits per heavy atom. The van der Waals surface area contributed by atoms with Gasteiger partial charge in [0.25, 0.3) is 0 Å². The molecule has 1 aliphatic carbocycles. The molecular formula is C13H26N2.